The van der Waals surface area contributed by atoms with Crippen LogP contribution in [0.4, 0.5) is 0 Å². The third kappa shape index (κ3) is 4.77. The smallest absolute Gasteiger partial charge is 0.241 e. The molecule has 0 amide bonds. The Morgan fingerprint density at radius 1 is 1.12 bits per heavy atom. The van der Waals surface area contributed by atoms with Gasteiger partial charge in [0.05, 0.1) is 13.2 Å². The second-order valence-electron chi connectivity index (χ2n) is 5.83. The average Bonchev–Trinajstić information content (AvgIpc) is 3.06. The topological polar surface area (TPSA) is 54.6 Å². The van der Waals surface area contributed by atoms with Gasteiger partial charge < -0.3 is 9.26 Å². The van der Waals surface area contributed by atoms with Gasteiger partial charge in [-0.2, -0.15) is 4.98 Å². The molecule has 130 valence electrons. The Labute approximate surface area is 147 Å². The summed E-state index contributed by atoms with van der Waals surface area (Å²) in [5, 5.41) is 4.76. The Bertz CT molecular complexity index is 624. The highest BCUT2D eigenvalue weighted by atomic mass is 35.5. The lowest BCUT2D eigenvalue weighted by Gasteiger charge is -2.33. The van der Waals surface area contributed by atoms with Gasteiger partial charge >= 0.3 is 0 Å². The normalized spacial score (nSPS) is 16.6. The third-order valence-electron chi connectivity index (χ3n) is 4.15. The zero-order chi connectivity index (χ0) is 16.8. The van der Waals surface area contributed by atoms with Gasteiger partial charge in [0, 0.05) is 49.9 Å². The lowest BCUT2D eigenvalue weighted by molar-refractivity contribution is 0.0749. The number of hydrogen-bond donors (Lipinski definition) is 0. The van der Waals surface area contributed by atoms with Crippen LogP contribution >= 0.6 is 11.6 Å². The summed E-state index contributed by atoms with van der Waals surface area (Å²) < 4.78 is 10.8. The van der Waals surface area contributed by atoms with Crippen molar-refractivity contribution < 1.29 is 9.26 Å². The van der Waals surface area contributed by atoms with E-state index in [0.29, 0.717) is 23.3 Å². The van der Waals surface area contributed by atoms with Crippen LogP contribution in [0.1, 0.15) is 12.8 Å². The maximum absolute atomic E-state index is 5.90. The molecule has 24 heavy (non-hydrogen) atoms. The molecule has 0 radical (unpaired) electrons. The molecule has 1 fully saturated rings. The fraction of sp³-hybridized carbons (Fsp3) is 0.529. The van der Waals surface area contributed by atoms with Crippen LogP contribution in [-0.2, 0) is 11.3 Å². The molecule has 0 bridgehead atoms. The van der Waals surface area contributed by atoms with Crippen molar-refractivity contribution in [1.82, 2.24) is 19.9 Å². The fourth-order valence-corrected chi connectivity index (χ4v) is 2.86. The first-order valence-corrected chi connectivity index (χ1v) is 8.73. The predicted octanol–water partition coefficient (Wildman–Crippen LogP) is 2.54. The van der Waals surface area contributed by atoms with Crippen molar-refractivity contribution >= 4 is 11.6 Å². The average molecular weight is 351 g/mol. The van der Waals surface area contributed by atoms with Crippen LogP contribution in [0, 0.1) is 0 Å². The standard InChI is InChI=1S/C17H23ClN4O2/c1-2-23-12-11-21-7-9-22(10-8-21)13-16-19-17(20-24-16)14-3-5-15(18)6-4-14/h3-6H,2,7-13H2,1H3. The van der Waals surface area contributed by atoms with E-state index < -0.39 is 0 Å². The molecule has 0 unspecified atom stereocenters. The number of halogens is 1. The van der Waals surface area contributed by atoms with Crippen molar-refractivity contribution in [2.75, 3.05) is 45.9 Å². The lowest BCUT2D eigenvalue weighted by Crippen LogP contribution is -2.46. The highest BCUT2D eigenvalue weighted by molar-refractivity contribution is 6.30. The Hall–Kier alpha value is -1.47. The number of hydrogen-bond acceptors (Lipinski definition) is 6. The molecule has 1 aliphatic heterocycles. The van der Waals surface area contributed by atoms with Crippen LogP contribution < -0.4 is 0 Å². The Morgan fingerprint density at radius 3 is 2.54 bits per heavy atom. The summed E-state index contributed by atoms with van der Waals surface area (Å²) in [5.41, 5.74) is 0.912. The van der Waals surface area contributed by atoms with Gasteiger partial charge in [0.1, 0.15) is 0 Å². The maximum atomic E-state index is 5.90. The summed E-state index contributed by atoms with van der Waals surface area (Å²) in [6.07, 6.45) is 0. The first-order chi connectivity index (χ1) is 11.7. The SMILES string of the molecule is CCOCCN1CCN(Cc2nc(-c3ccc(Cl)cc3)no2)CC1. The number of ether oxygens (including phenoxy) is 1. The fourth-order valence-electron chi connectivity index (χ4n) is 2.74. The van der Waals surface area contributed by atoms with E-state index in [9.17, 15) is 0 Å². The molecule has 2 aromatic rings. The third-order valence-corrected chi connectivity index (χ3v) is 4.40. The quantitative estimate of drug-likeness (QED) is 0.715. The molecular formula is C17H23ClN4O2. The zero-order valence-corrected chi connectivity index (χ0v) is 14.7. The summed E-state index contributed by atoms with van der Waals surface area (Å²) >= 11 is 5.90. The number of rotatable bonds is 7. The van der Waals surface area contributed by atoms with Crippen LogP contribution in [0.2, 0.25) is 5.02 Å². The number of benzene rings is 1. The molecule has 1 aromatic heterocycles. The molecule has 0 aliphatic carbocycles. The van der Waals surface area contributed by atoms with Crippen LogP contribution in [0.25, 0.3) is 11.4 Å². The Balaban J connectivity index is 1.48. The molecule has 1 aromatic carbocycles. The van der Waals surface area contributed by atoms with Gasteiger partial charge in [0.2, 0.25) is 11.7 Å². The Morgan fingerprint density at radius 2 is 1.83 bits per heavy atom. The van der Waals surface area contributed by atoms with E-state index >= 15 is 0 Å². The molecule has 0 saturated carbocycles. The van der Waals surface area contributed by atoms with Crippen molar-refractivity contribution in [3.8, 4) is 11.4 Å². The largest absolute Gasteiger partial charge is 0.380 e. The minimum absolute atomic E-state index is 0.608. The van der Waals surface area contributed by atoms with E-state index in [2.05, 4.69) is 19.9 Å². The van der Waals surface area contributed by atoms with Gasteiger partial charge in [-0.15, -0.1) is 0 Å². The highest BCUT2D eigenvalue weighted by Gasteiger charge is 2.19. The van der Waals surface area contributed by atoms with E-state index in [4.69, 9.17) is 20.9 Å². The van der Waals surface area contributed by atoms with Gasteiger partial charge in [0.15, 0.2) is 0 Å². The molecule has 0 atom stereocenters. The summed E-state index contributed by atoms with van der Waals surface area (Å²) in [7, 11) is 0. The minimum atomic E-state index is 0.608. The molecule has 0 spiro atoms. The second-order valence-corrected chi connectivity index (χ2v) is 6.27. The Kier molecular flexibility index (Phi) is 6.20. The van der Waals surface area contributed by atoms with E-state index in [1.807, 2.05) is 31.2 Å². The van der Waals surface area contributed by atoms with E-state index in [1.54, 1.807) is 0 Å². The highest BCUT2D eigenvalue weighted by Crippen LogP contribution is 2.19. The number of piperazine rings is 1. The zero-order valence-electron chi connectivity index (χ0n) is 13.9. The van der Waals surface area contributed by atoms with Crippen molar-refractivity contribution in [2.45, 2.75) is 13.5 Å². The molecular weight excluding hydrogens is 328 g/mol. The van der Waals surface area contributed by atoms with Crippen LogP contribution in [0.15, 0.2) is 28.8 Å². The predicted molar refractivity (Wildman–Crippen MR) is 93.0 cm³/mol. The molecule has 2 heterocycles. The first-order valence-electron chi connectivity index (χ1n) is 8.35. The van der Waals surface area contributed by atoms with Crippen molar-refractivity contribution in [1.29, 1.82) is 0 Å². The summed E-state index contributed by atoms with van der Waals surface area (Å²) in [4.78, 5) is 9.26. The molecule has 3 rings (SSSR count). The summed E-state index contributed by atoms with van der Waals surface area (Å²) in [5.74, 6) is 1.26. The lowest BCUT2D eigenvalue weighted by atomic mass is 10.2. The van der Waals surface area contributed by atoms with E-state index in [-0.39, 0.29) is 0 Å². The van der Waals surface area contributed by atoms with Gasteiger partial charge in [-0.3, -0.25) is 9.80 Å². The van der Waals surface area contributed by atoms with E-state index in [0.717, 1.165) is 51.5 Å². The van der Waals surface area contributed by atoms with Gasteiger partial charge in [-0.05, 0) is 31.2 Å². The van der Waals surface area contributed by atoms with Gasteiger partial charge in [-0.1, -0.05) is 16.8 Å². The maximum Gasteiger partial charge on any atom is 0.241 e. The summed E-state index contributed by atoms with van der Waals surface area (Å²) in [6, 6.07) is 7.45. The number of nitrogens with zero attached hydrogens (tertiary/aromatic N) is 4. The second kappa shape index (κ2) is 8.58. The molecule has 1 aliphatic rings. The van der Waals surface area contributed by atoms with Gasteiger partial charge in [-0.25, -0.2) is 0 Å². The van der Waals surface area contributed by atoms with Crippen LogP contribution in [0.3, 0.4) is 0 Å². The van der Waals surface area contributed by atoms with Gasteiger partial charge in [0.25, 0.3) is 0 Å². The molecule has 1 saturated heterocycles. The van der Waals surface area contributed by atoms with Crippen molar-refractivity contribution in [3.05, 3.63) is 35.2 Å². The molecule has 7 heteroatoms. The van der Waals surface area contributed by atoms with Crippen LogP contribution in [-0.4, -0.2) is 65.9 Å². The van der Waals surface area contributed by atoms with Crippen molar-refractivity contribution in [2.24, 2.45) is 0 Å². The monoisotopic (exact) mass is 350 g/mol. The molecule has 0 N–H and O–H groups in total. The molecule has 6 nitrogen and oxygen atoms in total. The first kappa shape index (κ1) is 17.4. The minimum Gasteiger partial charge on any atom is -0.380 e. The summed E-state index contributed by atoms with van der Waals surface area (Å²) in [6.45, 7) is 9.42. The van der Waals surface area contributed by atoms with E-state index in [1.165, 1.54) is 0 Å². The number of aromatic nitrogens is 2. The van der Waals surface area contributed by atoms with Crippen molar-refractivity contribution in [3.63, 3.8) is 0 Å². The van der Waals surface area contributed by atoms with Crippen LogP contribution in [0.5, 0.6) is 0 Å².